The van der Waals surface area contributed by atoms with Gasteiger partial charge >= 0.3 is 0 Å². The van der Waals surface area contributed by atoms with E-state index in [1.54, 1.807) is 12.1 Å². The van der Waals surface area contributed by atoms with Crippen molar-refractivity contribution in [3.05, 3.63) is 52.8 Å². The van der Waals surface area contributed by atoms with Crippen molar-refractivity contribution in [1.82, 2.24) is 4.98 Å². The monoisotopic (exact) mass is 307 g/mol. The van der Waals surface area contributed by atoms with Gasteiger partial charge in [-0.25, -0.2) is 0 Å². The first-order chi connectivity index (χ1) is 8.69. The molecule has 0 saturated carbocycles. The maximum atomic E-state index is 8.58. The average molecular weight is 308 g/mol. The second-order valence-corrected chi connectivity index (χ2v) is 4.33. The first kappa shape index (κ1) is 12.4. The zero-order chi connectivity index (χ0) is 13.0. The number of oxime groups is 1. The molecule has 0 spiro atoms. The van der Waals surface area contributed by atoms with Gasteiger partial charge in [0.2, 0.25) is 0 Å². The molecule has 6 heteroatoms. The number of nitrogens with zero attached hydrogens (tertiary/aromatic N) is 2. The van der Waals surface area contributed by atoms with E-state index < -0.39 is 0 Å². The predicted molar refractivity (Wildman–Crippen MR) is 71.0 cm³/mol. The Balaban J connectivity index is 2.22. The van der Waals surface area contributed by atoms with Gasteiger partial charge < -0.3 is 15.7 Å². The average Bonchev–Trinajstić information content (AvgIpc) is 2.41. The van der Waals surface area contributed by atoms with Gasteiger partial charge in [-0.1, -0.05) is 21.1 Å². The molecule has 5 nitrogen and oxygen atoms in total. The lowest BCUT2D eigenvalue weighted by molar-refractivity contribution is 0.318. The first-order valence-electron chi connectivity index (χ1n) is 5.06. The van der Waals surface area contributed by atoms with Gasteiger partial charge in [-0.15, -0.1) is 0 Å². The molecular weight excluding hydrogens is 298 g/mol. The zero-order valence-electron chi connectivity index (χ0n) is 9.25. The SMILES string of the molecule is NC(=NO)c1cc(Oc2ccc(Br)cc2)ccn1. The summed E-state index contributed by atoms with van der Waals surface area (Å²) < 4.78 is 6.59. The normalized spacial score (nSPS) is 11.3. The highest BCUT2D eigenvalue weighted by Crippen LogP contribution is 2.23. The molecule has 0 unspecified atom stereocenters. The molecule has 3 N–H and O–H groups in total. The molecule has 18 heavy (non-hydrogen) atoms. The molecule has 2 rings (SSSR count). The number of benzene rings is 1. The van der Waals surface area contributed by atoms with Crippen LogP contribution < -0.4 is 10.5 Å². The van der Waals surface area contributed by atoms with Crippen molar-refractivity contribution in [3.8, 4) is 11.5 Å². The lowest BCUT2D eigenvalue weighted by atomic mass is 10.3. The molecule has 0 aliphatic rings. The highest BCUT2D eigenvalue weighted by atomic mass is 79.9. The molecule has 1 aromatic carbocycles. The van der Waals surface area contributed by atoms with Gasteiger partial charge in [0, 0.05) is 16.7 Å². The summed E-state index contributed by atoms with van der Waals surface area (Å²) in [6, 6.07) is 10.7. The van der Waals surface area contributed by atoms with Gasteiger partial charge in [0.1, 0.15) is 17.2 Å². The Morgan fingerprint density at radius 1 is 1.22 bits per heavy atom. The van der Waals surface area contributed by atoms with E-state index in [-0.39, 0.29) is 5.84 Å². The van der Waals surface area contributed by atoms with E-state index in [4.69, 9.17) is 15.7 Å². The number of hydrogen-bond acceptors (Lipinski definition) is 4. The van der Waals surface area contributed by atoms with E-state index in [9.17, 15) is 0 Å². The molecular formula is C12H10BrN3O2. The Morgan fingerprint density at radius 3 is 2.61 bits per heavy atom. The van der Waals surface area contributed by atoms with Gasteiger partial charge in [0.15, 0.2) is 5.84 Å². The Bertz CT molecular complexity index is 570. The van der Waals surface area contributed by atoms with Crippen LogP contribution in [0.5, 0.6) is 11.5 Å². The van der Waals surface area contributed by atoms with Gasteiger partial charge in [0.05, 0.1) is 0 Å². The van der Waals surface area contributed by atoms with Crippen LogP contribution in [0.25, 0.3) is 0 Å². The standard InChI is InChI=1S/C12H10BrN3O2/c13-8-1-3-9(4-2-8)18-10-5-6-15-11(7-10)12(14)16-17/h1-7,17H,(H2,14,16). The Kier molecular flexibility index (Phi) is 3.78. The Morgan fingerprint density at radius 2 is 1.94 bits per heavy atom. The van der Waals surface area contributed by atoms with E-state index in [1.165, 1.54) is 6.20 Å². The lowest BCUT2D eigenvalue weighted by Gasteiger charge is -2.06. The van der Waals surface area contributed by atoms with Crippen molar-refractivity contribution in [2.24, 2.45) is 10.9 Å². The molecule has 0 amide bonds. The van der Waals surface area contributed by atoms with Crippen LogP contribution in [0, 0.1) is 0 Å². The predicted octanol–water partition coefficient (Wildman–Crippen LogP) is 2.73. The van der Waals surface area contributed by atoms with Crippen LogP contribution in [0.1, 0.15) is 5.69 Å². The molecule has 0 bridgehead atoms. The van der Waals surface area contributed by atoms with Crippen molar-refractivity contribution in [3.63, 3.8) is 0 Å². The second-order valence-electron chi connectivity index (χ2n) is 3.42. The summed E-state index contributed by atoms with van der Waals surface area (Å²) in [6.45, 7) is 0. The molecule has 2 aromatic rings. The van der Waals surface area contributed by atoms with Crippen molar-refractivity contribution >= 4 is 21.8 Å². The van der Waals surface area contributed by atoms with Crippen molar-refractivity contribution in [2.75, 3.05) is 0 Å². The van der Waals surface area contributed by atoms with Gasteiger partial charge in [-0.2, -0.15) is 0 Å². The summed E-state index contributed by atoms with van der Waals surface area (Å²) in [5, 5.41) is 11.5. The highest BCUT2D eigenvalue weighted by molar-refractivity contribution is 9.10. The number of aromatic nitrogens is 1. The minimum absolute atomic E-state index is 0.0590. The molecule has 92 valence electrons. The van der Waals surface area contributed by atoms with E-state index in [2.05, 4.69) is 26.1 Å². The summed E-state index contributed by atoms with van der Waals surface area (Å²) in [5.74, 6) is 1.19. The number of hydrogen-bond donors (Lipinski definition) is 2. The molecule has 0 atom stereocenters. The topological polar surface area (TPSA) is 80.7 Å². The first-order valence-corrected chi connectivity index (χ1v) is 5.86. The number of amidine groups is 1. The number of nitrogens with two attached hydrogens (primary N) is 1. The maximum Gasteiger partial charge on any atom is 0.188 e. The summed E-state index contributed by atoms with van der Waals surface area (Å²) in [4.78, 5) is 3.96. The van der Waals surface area contributed by atoms with E-state index >= 15 is 0 Å². The third-order valence-corrected chi connectivity index (χ3v) is 2.68. The Hall–Kier alpha value is -2.08. The second kappa shape index (κ2) is 5.50. The number of halogens is 1. The van der Waals surface area contributed by atoms with Crippen LogP contribution in [0.4, 0.5) is 0 Å². The summed E-state index contributed by atoms with van der Waals surface area (Å²) in [5.41, 5.74) is 5.81. The molecule has 0 saturated heterocycles. The van der Waals surface area contributed by atoms with E-state index in [1.807, 2.05) is 24.3 Å². The number of ether oxygens (including phenoxy) is 1. The summed E-state index contributed by atoms with van der Waals surface area (Å²) in [6.07, 6.45) is 1.53. The molecule has 0 aliphatic heterocycles. The largest absolute Gasteiger partial charge is 0.457 e. The molecule has 0 aliphatic carbocycles. The van der Waals surface area contributed by atoms with Crippen molar-refractivity contribution in [1.29, 1.82) is 0 Å². The zero-order valence-corrected chi connectivity index (χ0v) is 10.8. The fourth-order valence-corrected chi connectivity index (χ4v) is 1.57. The van der Waals surface area contributed by atoms with Crippen LogP contribution in [0.15, 0.2) is 52.2 Å². The lowest BCUT2D eigenvalue weighted by Crippen LogP contribution is -2.14. The van der Waals surface area contributed by atoms with Gasteiger partial charge in [-0.3, -0.25) is 4.98 Å². The van der Waals surface area contributed by atoms with Crippen LogP contribution in [-0.4, -0.2) is 16.0 Å². The van der Waals surface area contributed by atoms with Crippen LogP contribution >= 0.6 is 15.9 Å². The molecule has 0 radical (unpaired) electrons. The third kappa shape index (κ3) is 2.98. The fourth-order valence-electron chi connectivity index (χ4n) is 1.30. The molecule has 0 fully saturated rings. The van der Waals surface area contributed by atoms with Gasteiger partial charge in [-0.05, 0) is 30.3 Å². The summed E-state index contributed by atoms with van der Waals surface area (Å²) in [7, 11) is 0. The van der Waals surface area contributed by atoms with Crippen LogP contribution in [-0.2, 0) is 0 Å². The number of rotatable bonds is 3. The minimum Gasteiger partial charge on any atom is -0.457 e. The van der Waals surface area contributed by atoms with Crippen LogP contribution in [0.2, 0.25) is 0 Å². The van der Waals surface area contributed by atoms with Crippen molar-refractivity contribution in [2.45, 2.75) is 0 Å². The maximum absolute atomic E-state index is 8.58. The Labute approximate surface area is 112 Å². The summed E-state index contributed by atoms with van der Waals surface area (Å²) >= 11 is 3.35. The molecule has 1 aromatic heterocycles. The minimum atomic E-state index is -0.0590. The van der Waals surface area contributed by atoms with E-state index in [0.29, 0.717) is 17.2 Å². The van der Waals surface area contributed by atoms with Crippen LogP contribution in [0.3, 0.4) is 0 Å². The quantitative estimate of drug-likeness (QED) is 0.395. The van der Waals surface area contributed by atoms with E-state index in [0.717, 1.165) is 4.47 Å². The third-order valence-electron chi connectivity index (χ3n) is 2.15. The van der Waals surface area contributed by atoms with Gasteiger partial charge in [0.25, 0.3) is 0 Å². The highest BCUT2D eigenvalue weighted by Gasteiger charge is 2.04. The fraction of sp³-hybridized carbons (Fsp3) is 0. The molecule has 1 heterocycles. The number of pyridine rings is 1. The smallest absolute Gasteiger partial charge is 0.188 e. The van der Waals surface area contributed by atoms with Crippen molar-refractivity contribution < 1.29 is 9.94 Å².